The van der Waals surface area contributed by atoms with Gasteiger partial charge in [-0.1, -0.05) is 43.9 Å². The van der Waals surface area contributed by atoms with Gasteiger partial charge in [-0.05, 0) is 25.0 Å². The van der Waals surface area contributed by atoms with Crippen molar-refractivity contribution in [3.8, 4) is 0 Å². The van der Waals surface area contributed by atoms with Crippen LogP contribution in [-0.2, 0) is 4.79 Å². The molecule has 6 nitrogen and oxygen atoms in total. The van der Waals surface area contributed by atoms with Gasteiger partial charge >= 0.3 is 0 Å². The Morgan fingerprint density at radius 1 is 1.04 bits per heavy atom. The largest absolute Gasteiger partial charge is 0.370 e. The first-order chi connectivity index (χ1) is 13.2. The molecule has 0 unspecified atom stereocenters. The molecule has 0 aromatic heterocycles. The number of hydrogen-bond donors (Lipinski definition) is 2. The number of carbonyl (C=O) groups is 1. The summed E-state index contributed by atoms with van der Waals surface area (Å²) in [6.45, 7) is 3.76. The Morgan fingerprint density at radius 2 is 1.70 bits per heavy atom. The number of guanidine groups is 1. The van der Waals surface area contributed by atoms with Crippen LogP contribution in [-0.4, -0.2) is 55.5 Å². The summed E-state index contributed by atoms with van der Waals surface area (Å²) in [5.74, 6) is 0.664. The van der Waals surface area contributed by atoms with Crippen LogP contribution < -0.4 is 16.0 Å². The maximum absolute atomic E-state index is 12.4. The topological polar surface area (TPSA) is 74.0 Å². The van der Waals surface area contributed by atoms with Gasteiger partial charge in [-0.15, -0.1) is 0 Å². The lowest BCUT2D eigenvalue weighted by molar-refractivity contribution is -0.131. The molecule has 1 amide bonds. The zero-order valence-corrected chi connectivity index (χ0v) is 16.3. The summed E-state index contributed by atoms with van der Waals surface area (Å²) in [7, 11) is 0. The number of nitrogens with one attached hydrogen (secondary N) is 1. The summed E-state index contributed by atoms with van der Waals surface area (Å²) in [6, 6.07) is 10.8. The fraction of sp³-hybridized carbons (Fsp3) is 0.619. The molecule has 6 heteroatoms. The van der Waals surface area contributed by atoms with Crippen molar-refractivity contribution in [3.05, 3.63) is 30.3 Å². The molecule has 0 spiro atoms. The first-order valence-corrected chi connectivity index (χ1v) is 10.4. The van der Waals surface area contributed by atoms with Crippen LogP contribution in [0.2, 0.25) is 0 Å². The highest BCUT2D eigenvalue weighted by Crippen LogP contribution is 2.17. The average molecular weight is 372 g/mol. The van der Waals surface area contributed by atoms with Crippen LogP contribution in [0.1, 0.15) is 44.9 Å². The molecular formula is C21H33N5O. The molecule has 2 fully saturated rings. The summed E-state index contributed by atoms with van der Waals surface area (Å²) in [5, 5.41) is 3.33. The monoisotopic (exact) mass is 371 g/mol. The van der Waals surface area contributed by atoms with Gasteiger partial charge in [-0.2, -0.15) is 0 Å². The summed E-state index contributed by atoms with van der Waals surface area (Å²) in [6.07, 6.45) is 7.93. The number of rotatable bonds is 5. The second kappa shape index (κ2) is 10.2. The van der Waals surface area contributed by atoms with Crippen LogP contribution in [0, 0.1) is 0 Å². The molecule has 0 radical (unpaired) electrons. The number of anilines is 1. The van der Waals surface area contributed by atoms with Crippen molar-refractivity contribution in [2.45, 2.75) is 51.0 Å². The number of para-hydroxylation sites is 1. The summed E-state index contributed by atoms with van der Waals surface area (Å²) < 4.78 is 0. The molecule has 0 atom stereocenters. The molecule has 1 aromatic rings. The number of carbonyl (C=O) groups excluding carboxylic acids is 1. The van der Waals surface area contributed by atoms with Crippen LogP contribution in [0.5, 0.6) is 0 Å². The molecule has 1 saturated heterocycles. The van der Waals surface area contributed by atoms with E-state index in [1.807, 2.05) is 11.0 Å². The summed E-state index contributed by atoms with van der Waals surface area (Å²) in [5.41, 5.74) is 7.24. The molecule has 3 rings (SSSR count). The minimum absolute atomic E-state index is 0.175. The number of nitrogens with two attached hydrogens (primary N) is 1. The third-order valence-electron chi connectivity index (χ3n) is 5.57. The minimum Gasteiger partial charge on any atom is -0.370 e. The van der Waals surface area contributed by atoms with Crippen molar-refractivity contribution in [2.24, 2.45) is 10.7 Å². The number of amides is 1. The fourth-order valence-corrected chi connectivity index (χ4v) is 3.96. The van der Waals surface area contributed by atoms with E-state index in [4.69, 9.17) is 5.73 Å². The molecule has 2 aliphatic rings. The van der Waals surface area contributed by atoms with Gasteiger partial charge in [0.25, 0.3) is 0 Å². The van der Waals surface area contributed by atoms with E-state index in [1.165, 1.54) is 44.2 Å². The van der Waals surface area contributed by atoms with Gasteiger partial charge in [0.05, 0.1) is 6.54 Å². The smallest absolute Gasteiger partial charge is 0.224 e. The normalized spacial score (nSPS) is 19.6. The highest BCUT2D eigenvalue weighted by Gasteiger charge is 2.20. The lowest BCUT2D eigenvalue weighted by Gasteiger charge is -2.36. The lowest BCUT2D eigenvalue weighted by atomic mass is 10.1. The Morgan fingerprint density at radius 3 is 2.37 bits per heavy atom. The predicted octanol–water partition coefficient (Wildman–Crippen LogP) is 2.35. The fourth-order valence-electron chi connectivity index (χ4n) is 3.96. The molecular weight excluding hydrogens is 338 g/mol. The minimum atomic E-state index is 0.175. The Labute approximate surface area is 162 Å². The van der Waals surface area contributed by atoms with Gasteiger partial charge in [-0.25, -0.2) is 0 Å². The molecule has 1 aliphatic heterocycles. The molecule has 148 valence electrons. The highest BCUT2D eigenvalue weighted by molar-refractivity contribution is 5.79. The van der Waals surface area contributed by atoms with Crippen LogP contribution in [0.4, 0.5) is 5.69 Å². The van der Waals surface area contributed by atoms with E-state index in [0.717, 1.165) is 26.2 Å². The zero-order valence-electron chi connectivity index (χ0n) is 16.3. The van der Waals surface area contributed by atoms with Crippen LogP contribution in [0.3, 0.4) is 0 Å². The maximum atomic E-state index is 12.4. The van der Waals surface area contributed by atoms with Gasteiger partial charge in [0, 0.05) is 44.3 Å². The Balaban J connectivity index is 1.37. The first kappa shape index (κ1) is 19.5. The number of hydrogen-bond acceptors (Lipinski definition) is 3. The van der Waals surface area contributed by atoms with Crippen LogP contribution in [0.25, 0.3) is 0 Å². The summed E-state index contributed by atoms with van der Waals surface area (Å²) >= 11 is 0. The molecule has 0 bridgehead atoms. The standard InChI is InChI=1S/C21H33N5O/c22-21(24-18-8-4-1-2-5-9-18)23-13-12-20(27)26-16-14-25(15-17-26)19-10-6-3-7-11-19/h3,6-7,10-11,18H,1-2,4-5,8-9,12-17H2,(H3,22,23,24). The first-order valence-electron chi connectivity index (χ1n) is 10.4. The third kappa shape index (κ3) is 6.15. The van der Waals surface area contributed by atoms with E-state index >= 15 is 0 Å². The van der Waals surface area contributed by atoms with Gasteiger partial charge in [0.2, 0.25) is 5.91 Å². The van der Waals surface area contributed by atoms with Crippen molar-refractivity contribution in [1.82, 2.24) is 10.2 Å². The van der Waals surface area contributed by atoms with E-state index in [-0.39, 0.29) is 5.91 Å². The molecule has 1 aromatic carbocycles. The molecule has 27 heavy (non-hydrogen) atoms. The van der Waals surface area contributed by atoms with E-state index in [9.17, 15) is 4.79 Å². The predicted molar refractivity (Wildman–Crippen MR) is 111 cm³/mol. The average Bonchev–Trinajstić information content (AvgIpc) is 2.97. The molecule has 1 heterocycles. The van der Waals surface area contributed by atoms with E-state index in [0.29, 0.717) is 25.0 Å². The summed E-state index contributed by atoms with van der Waals surface area (Å²) in [4.78, 5) is 21.1. The third-order valence-corrected chi connectivity index (χ3v) is 5.57. The second-order valence-corrected chi connectivity index (χ2v) is 7.55. The lowest BCUT2D eigenvalue weighted by Crippen LogP contribution is -2.49. The van der Waals surface area contributed by atoms with Crippen LogP contribution in [0.15, 0.2) is 35.3 Å². The zero-order chi connectivity index (χ0) is 18.9. The van der Waals surface area contributed by atoms with Crippen molar-refractivity contribution in [1.29, 1.82) is 0 Å². The van der Waals surface area contributed by atoms with E-state index in [1.54, 1.807) is 0 Å². The Hall–Kier alpha value is -2.24. The SMILES string of the molecule is NC(=NCCC(=O)N1CCN(c2ccccc2)CC1)NC1CCCCCC1. The number of benzene rings is 1. The highest BCUT2D eigenvalue weighted by atomic mass is 16.2. The Bertz CT molecular complexity index is 602. The van der Waals surface area contributed by atoms with E-state index < -0.39 is 0 Å². The van der Waals surface area contributed by atoms with Crippen molar-refractivity contribution < 1.29 is 4.79 Å². The number of nitrogens with zero attached hydrogens (tertiary/aromatic N) is 3. The van der Waals surface area contributed by atoms with Gasteiger partial charge in [-0.3, -0.25) is 9.79 Å². The van der Waals surface area contributed by atoms with Gasteiger partial charge in [0.15, 0.2) is 5.96 Å². The molecule has 1 aliphatic carbocycles. The molecule has 3 N–H and O–H groups in total. The van der Waals surface area contributed by atoms with Gasteiger partial charge < -0.3 is 20.9 Å². The quantitative estimate of drug-likeness (QED) is 0.473. The number of piperazine rings is 1. The van der Waals surface area contributed by atoms with E-state index in [2.05, 4.69) is 39.5 Å². The molecule has 1 saturated carbocycles. The van der Waals surface area contributed by atoms with Crippen LogP contribution >= 0.6 is 0 Å². The number of aliphatic imine (C=N–C) groups is 1. The Kier molecular flexibility index (Phi) is 7.36. The van der Waals surface area contributed by atoms with Crippen molar-refractivity contribution in [2.75, 3.05) is 37.6 Å². The van der Waals surface area contributed by atoms with Gasteiger partial charge in [0.1, 0.15) is 0 Å². The second-order valence-electron chi connectivity index (χ2n) is 7.55. The van der Waals surface area contributed by atoms with Crippen molar-refractivity contribution >= 4 is 17.6 Å². The van der Waals surface area contributed by atoms with Crippen molar-refractivity contribution in [3.63, 3.8) is 0 Å². The maximum Gasteiger partial charge on any atom is 0.224 e.